The SMILES string of the molecule is CCOc1ccc(-c2cc3nc(C)cc(NN)n3n2)cc1. The molecule has 3 rings (SSSR count). The summed E-state index contributed by atoms with van der Waals surface area (Å²) < 4.78 is 7.14. The van der Waals surface area contributed by atoms with E-state index >= 15 is 0 Å². The maximum atomic E-state index is 5.53. The van der Waals surface area contributed by atoms with Crippen LogP contribution in [-0.2, 0) is 0 Å². The normalized spacial score (nSPS) is 10.8. The summed E-state index contributed by atoms with van der Waals surface area (Å²) in [4.78, 5) is 4.46. The van der Waals surface area contributed by atoms with E-state index in [9.17, 15) is 0 Å². The summed E-state index contributed by atoms with van der Waals surface area (Å²) in [7, 11) is 0. The number of nitrogens with one attached hydrogen (secondary N) is 1. The fourth-order valence-corrected chi connectivity index (χ4v) is 2.23. The molecule has 0 amide bonds. The summed E-state index contributed by atoms with van der Waals surface area (Å²) in [6.45, 7) is 4.54. The Morgan fingerprint density at radius 2 is 2.00 bits per heavy atom. The summed E-state index contributed by atoms with van der Waals surface area (Å²) in [5.41, 5.74) is 6.13. The van der Waals surface area contributed by atoms with Gasteiger partial charge in [0.1, 0.15) is 11.6 Å². The number of hydrogen-bond acceptors (Lipinski definition) is 5. The van der Waals surface area contributed by atoms with Crippen molar-refractivity contribution in [2.75, 3.05) is 12.0 Å². The molecule has 0 atom stereocenters. The number of hydrogen-bond donors (Lipinski definition) is 2. The zero-order valence-corrected chi connectivity index (χ0v) is 12.0. The fourth-order valence-electron chi connectivity index (χ4n) is 2.23. The molecule has 3 N–H and O–H groups in total. The molecule has 0 aliphatic carbocycles. The third kappa shape index (κ3) is 2.53. The van der Waals surface area contributed by atoms with Crippen molar-refractivity contribution in [3.8, 4) is 17.0 Å². The van der Waals surface area contributed by atoms with E-state index in [1.54, 1.807) is 4.52 Å². The second-order valence-electron chi connectivity index (χ2n) is 4.68. The van der Waals surface area contributed by atoms with Gasteiger partial charge in [-0.3, -0.25) is 0 Å². The molecule has 0 saturated heterocycles. The monoisotopic (exact) mass is 283 g/mol. The maximum Gasteiger partial charge on any atom is 0.158 e. The van der Waals surface area contributed by atoms with Crippen LogP contribution in [0.5, 0.6) is 5.75 Å². The van der Waals surface area contributed by atoms with E-state index < -0.39 is 0 Å². The molecule has 6 heteroatoms. The minimum atomic E-state index is 0.655. The number of nitrogens with two attached hydrogens (primary N) is 1. The molecule has 108 valence electrons. The number of anilines is 1. The average molecular weight is 283 g/mol. The zero-order chi connectivity index (χ0) is 14.8. The van der Waals surface area contributed by atoms with Crippen LogP contribution >= 0.6 is 0 Å². The first-order chi connectivity index (χ1) is 10.2. The fraction of sp³-hybridized carbons (Fsp3) is 0.200. The molecule has 0 unspecified atom stereocenters. The first-order valence-corrected chi connectivity index (χ1v) is 6.78. The van der Waals surface area contributed by atoms with Crippen molar-refractivity contribution < 1.29 is 4.74 Å². The molecule has 21 heavy (non-hydrogen) atoms. The first kappa shape index (κ1) is 13.4. The Kier molecular flexibility index (Phi) is 3.45. The lowest BCUT2D eigenvalue weighted by atomic mass is 10.1. The number of aryl methyl sites for hydroxylation is 1. The van der Waals surface area contributed by atoms with Crippen LogP contribution in [-0.4, -0.2) is 21.2 Å². The minimum Gasteiger partial charge on any atom is -0.494 e. The second-order valence-corrected chi connectivity index (χ2v) is 4.68. The molecular weight excluding hydrogens is 266 g/mol. The minimum absolute atomic E-state index is 0.655. The van der Waals surface area contributed by atoms with Crippen molar-refractivity contribution in [1.29, 1.82) is 0 Å². The Labute approximate surface area is 122 Å². The highest BCUT2D eigenvalue weighted by Gasteiger charge is 2.09. The summed E-state index contributed by atoms with van der Waals surface area (Å²) >= 11 is 0. The number of fused-ring (bicyclic) bond motifs is 1. The van der Waals surface area contributed by atoms with Gasteiger partial charge >= 0.3 is 0 Å². The number of aromatic nitrogens is 3. The predicted molar refractivity (Wildman–Crippen MR) is 82.1 cm³/mol. The number of benzene rings is 1. The molecule has 3 aromatic rings. The van der Waals surface area contributed by atoms with Crippen LogP contribution in [0.3, 0.4) is 0 Å². The van der Waals surface area contributed by atoms with Crippen LogP contribution < -0.4 is 16.0 Å². The van der Waals surface area contributed by atoms with E-state index in [-0.39, 0.29) is 0 Å². The molecule has 0 aliphatic rings. The van der Waals surface area contributed by atoms with Gasteiger partial charge < -0.3 is 10.2 Å². The third-order valence-corrected chi connectivity index (χ3v) is 3.16. The van der Waals surface area contributed by atoms with Gasteiger partial charge in [0.25, 0.3) is 0 Å². The quantitative estimate of drug-likeness (QED) is 0.568. The molecule has 0 fully saturated rings. The van der Waals surface area contributed by atoms with Crippen LogP contribution in [0.4, 0.5) is 5.82 Å². The van der Waals surface area contributed by atoms with Crippen LogP contribution in [0.1, 0.15) is 12.6 Å². The number of ether oxygens (including phenoxy) is 1. The molecule has 0 saturated carbocycles. The van der Waals surface area contributed by atoms with Gasteiger partial charge in [-0.1, -0.05) is 0 Å². The molecule has 1 aromatic carbocycles. The highest BCUT2D eigenvalue weighted by atomic mass is 16.5. The maximum absolute atomic E-state index is 5.53. The lowest BCUT2D eigenvalue weighted by Gasteiger charge is -2.04. The summed E-state index contributed by atoms with van der Waals surface area (Å²) in [6.07, 6.45) is 0. The highest BCUT2D eigenvalue weighted by molar-refractivity contribution is 5.66. The smallest absolute Gasteiger partial charge is 0.158 e. The molecule has 6 nitrogen and oxygen atoms in total. The summed E-state index contributed by atoms with van der Waals surface area (Å²) in [5.74, 6) is 7.08. The van der Waals surface area contributed by atoms with Crippen molar-refractivity contribution in [3.05, 3.63) is 42.1 Å². The van der Waals surface area contributed by atoms with Crippen LogP contribution in [0, 0.1) is 6.92 Å². The molecular formula is C15H17N5O. The summed E-state index contributed by atoms with van der Waals surface area (Å²) in [5, 5.41) is 4.54. The van der Waals surface area contributed by atoms with E-state index in [2.05, 4.69) is 15.5 Å². The first-order valence-electron chi connectivity index (χ1n) is 6.78. The van der Waals surface area contributed by atoms with Gasteiger partial charge in [0.15, 0.2) is 5.65 Å². The van der Waals surface area contributed by atoms with Gasteiger partial charge in [-0.2, -0.15) is 9.61 Å². The van der Waals surface area contributed by atoms with Crippen LogP contribution in [0.25, 0.3) is 16.9 Å². The van der Waals surface area contributed by atoms with Crippen molar-refractivity contribution in [2.24, 2.45) is 5.84 Å². The molecule has 0 aliphatic heterocycles. The summed E-state index contributed by atoms with van der Waals surface area (Å²) in [6, 6.07) is 11.6. The lowest BCUT2D eigenvalue weighted by molar-refractivity contribution is 0.340. The van der Waals surface area contributed by atoms with Crippen LogP contribution in [0.15, 0.2) is 36.4 Å². The standard InChI is InChI=1S/C15H17N5O/c1-3-21-12-6-4-11(5-7-12)13-9-14-17-10(2)8-15(18-16)20(14)19-13/h4-9,18H,3,16H2,1-2H3. The Morgan fingerprint density at radius 3 is 2.67 bits per heavy atom. The Balaban J connectivity index is 2.04. The van der Waals surface area contributed by atoms with Gasteiger partial charge in [-0.05, 0) is 38.1 Å². The van der Waals surface area contributed by atoms with E-state index in [4.69, 9.17) is 10.6 Å². The van der Waals surface area contributed by atoms with Crippen molar-refractivity contribution in [2.45, 2.75) is 13.8 Å². The number of rotatable bonds is 4. The number of nitrogen functional groups attached to an aromatic ring is 1. The van der Waals surface area contributed by atoms with E-state index in [1.807, 2.05) is 50.2 Å². The Morgan fingerprint density at radius 1 is 1.24 bits per heavy atom. The molecule has 0 bridgehead atoms. The van der Waals surface area contributed by atoms with Gasteiger partial charge in [0.05, 0.1) is 12.3 Å². The molecule has 0 radical (unpaired) electrons. The molecule has 2 aromatic heterocycles. The Hall–Kier alpha value is -2.60. The van der Waals surface area contributed by atoms with Crippen molar-refractivity contribution in [1.82, 2.24) is 14.6 Å². The van der Waals surface area contributed by atoms with Gasteiger partial charge in [0.2, 0.25) is 0 Å². The van der Waals surface area contributed by atoms with Crippen molar-refractivity contribution >= 4 is 11.5 Å². The topological polar surface area (TPSA) is 77.5 Å². The average Bonchev–Trinajstić information content (AvgIpc) is 2.91. The number of hydrazine groups is 1. The van der Waals surface area contributed by atoms with E-state index in [0.717, 1.165) is 28.3 Å². The highest BCUT2D eigenvalue weighted by Crippen LogP contribution is 2.23. The largest absolute Gasteiger partial charge is 0.494 e. The second kappa shape index (κ2) is 5.41. The number of nitrogens with zero attached hydrogens (tertiary/aromatic N) is 3. The Bertz CT molecular complexity index is 764. The van der Waals surface area contributed by atoms with Gasteiger partial charge in [-0.15, -0.1) is 0 Å². The predicted octanol–water partition coefficient (Wildman–Crippen LogP) is 2.39. The van der Waals surface area contributed by atoms with Crippen LogP contribution in [0.2, 0.25) is 0 Å². The molecule has 2 heterocycles. The molecule has 0 spiro atoms. The zero-order valence-electron chi connectivity index (χ0n) is 12.0. The van der Waals surface area contributed by atoms with Gasteiger partial charge in [-0.25, -0.2) is 10.8 Å². The lowest BCUT2D eigenvalue weighted by Crippen LogP contribution is -2.12. The van der Waals surface area contributed by atoms with E-state index in [1.165, 1.54) is 0 Å². The van der Waals surface area contributed by atoms with Crippen molar-refractivity contribution in [3.63, 3.8) is 0 Å². The van der Waals surface area contributed by atoms with Gasteiger partial charge in [0, 0.05) is 23.4 Å². The third-order valence-electron chi connectivity index (χ3n) is 3.16. The van der Waals surface area contributed by atoms with E-state index in [0.29, 0.717) is 12.4 Å².